The van der Waals surface area contributed by atoms with Crippen molar-refractivity contribution >= 4 is 40.7 Å². The van der Waals surface area contributed by atoms with E-state index in [0.717, 1.165) is 28.6 Å². The van der Waals surface area contributed by atoms with Crippen molar-refractivity contribution < 1.29 is 0 Å². The molecule has 0 amide bonds. The Morgan fingerprint density at radius 2 is 1.70 bits per heavy atom. The molecular weight excluding hydrogens is 302 g/mol. The highest BCUT2D eigenvalue weighted by Crippen LogP contribution is 2.19. The van der Waals surface area contributed by atoms with Crippen molar-refractivity contribution in [1.82, 2.24) is 4.98 Å². The van der Waals surface area contributed by atoms with Crippen LogP contribution >= 0.6 is 11.6 Å². The molecule has 2 aromatic carbocycles. The molecule has 3 aromatic rings. The molecule has 0 aliphatic heterocycles. The lowest BCUT2D eigenvalue weighted by molar-refractivity contribution is 1.23. The topological polar surface area (TPSA) is 12.9 Å². The summed E-state index contributed by atoms with van der Waals surface area (Å²) in [4.78, 5) is 4.64. The van der Waals surface area contributed by atoms with Gasteiger partial charge < -0.3 is 0 Å². The lowest BCUT2D eigenvalue weighted by atomic mass is 10.1. The Labute approximate surface area is 142 Å². The van der Waals surface area contributed by atoms with Gasteiger partial charge in [0, 0.05) is 10.4 Å². The number of hydrogen-bond acceptors (Lipinski definition) is 1. The first-order valence-electron chi connectivity index (χ1n) is 7.75. The summed E-state index contributed by atoms with van der Waals surface area (Å²) in [6.07, 6.45) is 9.47. The number of benzene rings is 2. The SMILES string of the molecule is CC/C=C/c1cccc(/C=C/c2ccc3ccc(Cl)cc3n2)c1. The molecule has 1 heterocycles. The highest BCUT2D eigenvalue weighted by atomic mass is 35.5. The Hall–Kier alpha value is -2.38. The van der Waals surface area contributed by atoms with Crippen LogP contribution in [0.5, 0.6) is 0 Å². The van der Waals surface area contributed by atoms with Gasteiger partial charge in [-0.05, 0) is 47.9 Å². The summed E-state index contributed by atoms with van der Waals surface area (Å²) in [7, 11) is 0. The van der Waals surface area contributed by atoms with E-state index >= 15 is 0 Å². The van der Waals surface area contributed by atoms with Gasteiger partial charge in [-0.3, -0.25) is 0 Å². The minimum atomic E-state index is 0.710. The summed E-state index contributed by atoms with van der Waals surface area (Å²) in [5.74, 6) is 0. The Kier molecular flexibility index (Phi) is 4.89. The van der Waals surface area contributed by atoms with E-state index in [1.54, 1.807) is 0 Å². The molecular formula is C21H18ClN. The van der Waals surface area contributed by atoms with Gasteiger partial charge in [-0.25, -0.2) is 4.98 Å². The molecule has 0 aliphatic rings. The standard InChI is InChI=1S/C21H18ClN/c1-2-3-5-16-6-4-7-17(14-16)8-12-20-13-10-18-9-11-19(22)15-21(18)23-20/h3-15H,2H2,1H3/b5-3+,12-8+. The fraction of sp³-hybridized carbons (Fsp3) is 0.0952. The van der Waals surface area contributed by atoms with Crippen LogP contribution in [-0.2, 0) is 0 Å². The molecule has 1 aromatic heterocycles. The Balaban J connectivity index is 1.86. The molecule has 23 heavy (non-hydrogen) atoms. The first-order valence-corrected chi connectivity index (χ1v) is 8.13. The van der Waals surface area contributed by atoms with Crippen molar-refractivity contribution in [3.05, 3.63) is 82.5 Å². The van der Waals surface area contributed by atoms with Gasteiger partial charge in [-0.2, -0.15) is 0 Å². The third-order valence-electron chi connectivity index (χ3n) is 3.58. The van der Waals surface area contributed by atoms with E-state index in [1.807, 2.05) is 30.3 Å². The van der Waals surface area contributed by atoms with Crippen molar-refractivity contribution in [2.75, 3.05) is 0 Å². The summed E-state index contributed by atoms with van der Waals surface area (Å²) in [6.45, 7) is 2.14. The van der Waals surface area contributed by atoms with Crippen molar-refractivity contribution in [3.63, 3.8) is 0 Å². The Bertz CT molecular complexity index is 878. The summed E-state index contributed by atoms with van der Waals surface area (Å²) >= 11 is 6.04. The summed E-state index contributed by atoms with van der Waals surface area (Å²) in [5, 5.41) is 1.81. The van der Waals surface area contributed by atoms with Gasteiger partial charge in [0.05, 0.1) is 11.2 Å². The molecule has 114 valence electrons. The molecule has 3 rings (SSSR count). The second-order valence-corrected chi connectivity index (χ2v) is 5.82. The molecule has 2 heteroatoms. The van der Waals surface area contributed by atoms with Gasteiger partial charge in [0.1, 0.15) is 0 Å². The predicted octanol–water partition coefficient (Wildman–Crippen LogP) is 6.48. The van der Waals surface area contributed by atoms with Gasteiger partial charge in [-0.15, -0.1) is 0 Å². The molecule has 0 bridgehead atoms. The summed E-state index contributed by atoms with van der Waals surface area (Å²) in [5.41, 5.74) is 4.22. The van der Waals surface area contributed by atoms with Gasteiger partial charge in [-0.1, -0.05) is 67.1 Å². The van der Waals surface area contributed by atoms with Crippen LogP contribution in [0.25, 0.3) is 29.1 Å². The third kappa shape index (κ3) is 4.08. The number of halogens is 1. The number of aromatic nitrogens is 1. The minimum Gasteiger partial charge on any atom is -0.248 e. The number of allylic oxidation sites excluding steroid dienone is 1. The van der Waals surface area contributed by atoms with E-state index in [9.17, 15) is 0 Å². The zero-order chi connectivity index (χ0) is 16.1. The molecule has 0 fully saturated rings. The highest BCUT2D eigenvalue weighted by Gasteiger charge is 1.97. The van der Waals surface area contributed by atoms with Crippen LogP contribution in [0, 0.1) is 0 Å². The van der Waals surface area contributed by atoms with Gasteiger partial charge >= 0.3 is 0 Å². The van der Waals surface area contributed by atoms with Gasteiger partial charge in [0.2, 0.25) is 0 Å². The molecule has 1 nitrogen and oxygen atoms in total. The van der Waals surface area contributed by atoms with Crippen molar-refractivity contribution in [2.45, 2.75) is 13.3 Å². The number of rotatable bonds is 4. The van der Waals surface area contributed by atoms with E-state index in [1.165, 1.54) is 5.56 Å². The summed E-state index contributed by atoms with van der Waals surface area (Å²) in [6, 6.07) is 18.3. The van der Waals surface area contributed by atoms with E-state index in [2.05, 4.69) is 60.5 Å². The molecule has 0 radical (unpaired) electrons. The Morgan fingerprint density at radius 1 is 0.913 bits per heavy atom. The monoisotopic (exact) mass is 319 g/mol. The second kappa shape index (κ2) is 7.26. The molecule has 0 N–H and O–H groups in total. The molecule has 0 spiro atoms. The van der Waals surface area contributed by atoms with Crippen LogP contribution in [0.15, 0.2) is 60.7 Å². The average molecular weight is 320 g/mol. The fourth-order valence-electron chi connectivity index (χ4n) is 2.40. The van der Waals surface area contributed by atoms with Crippen molar-refractivity contribution in [2.24, 2.45) is 0 Å². The maximum absolute atomic E-state index is 6.04. The summed E-state index contributed by atoms with van der Waals surface area (Å²) < 4.78 is 0. The van der Waals surface area contributed by atoms with E-state index in [4.69, 9.17) is 11.6 Å². The zero-order valence-electron chi connectivity index (χ0n) is 13.0. The van der Waals surface area contributed by atoms with Crippen LogP contribution in [0.2, 0.25) is 5.02 Å². The predicted molar refractivity (Wildman–Crippen MR) is 101 cm³/mol. The van der Waals surface area contributed by atoms with Crippen LogP contribution < -0.4 is 0 Å². The number of hydrogen-bond donors (Lipinski definition) is 0. The first-order chi connectivity index (χ1) is 11.2. The minimum absolute atomic E-state index is 0.710. The number of pyridine rings is 1. The van der Waals surface area contributed by atoms with Crippen LogP contribution in [-0.4, -0.2) is 4.98 Å². The first kappa shape index (κ1) is 15.5. The Morgan fingerprint density at radius 3 is 2.52 bits per heavy atom. The van der Waals surface area contributed by atoms with Gasteiger partial charge in [0.25, 0.3) is 0 Å². The van der Waals surface area contributed by atoms with E-state index in [-0.39, 0.29) is 0 Å². The van der Waals surface area contributed by atoms with Crippen LogP contribution in [0.3, 0.4) is 0 Å². The highest BCUT2D eigenvalue weighted by molar-refractivity contribution is 6.31. The zero-order valence-corrected chi connectivity index (χ0v) is 13.8. The largest absolute Gasteiger partial charge is 0.248 e. The van der Waals surface area contributed by atoms with Gasteiger partial charge in [0.15, 0.2) is 0 Å². The molecule has 0 saturated carbocycles. The lowest BCUT2D eigenvalue weighted by Gasteiger charge is -2.00. The lowest BCUT2D eigenvalue weighted by Crippen LogP contribution is -1.83. The maximum Gasteiger partial charge on any atom is 0.0724 e. The number of nitrogens with zero attached hydrogens (tertiary/aromatic N) is 1. The number of fused-ring (bicyclic) bond motifs is 1. The fourth-order valence-corrected chi connectivity index (χ4v) is 2.57. The average Bonchev–Trinajstić information content (AvgIpc) is 2.58. The van der Waals surface area contributed by atoms with Crippen LogP contribution in [0.1, 0.15) is 30.2 Å². The molecule has 0 aliphatic carbocycles. The molecule has 0 unspecified atom stereocenters. The molecule has 0 atom stereocenters. The van der Waals surface area contributed by atoms with E-state index < -0.39 is 0 Å². The van der Waals surface area contributed by atoms with Crippen molar-refractivity contribution in [3.8, 4) is 0 Å². The second-order valence-electron chi connectivity index (χ2n) is 5.39. The quantitative estimate of drug-likeness (QED) is 0.536. The smallest absolute Gasteiger partial charge is 0.0724 e. The van der Waals surface area contributed by atoms with Crippen LogP contribution in [0.4, 0.5) is 0 Å². The maximum atomic E-state index is 6.04. The van der Waals surface area contributed by atoms with E-state index in [0.29, 0.717) is 5.02 Å². The molecule has 0 saturated heterocycles. The normalized spacial score (nSPS) is 11.7. The third-order valence-corrected chi connectivity index (χ3v) is 3.81. The van der Waals surface area contributed by atoms with Crippen molar-refractivity contribution in [1.29, 1.82) is 0 Å².